The first kappa shape index (κ1) is 15.8. The molecule has 4 nitrogen and oxygen atoms in total. The van der Waals surface area contributed by atoms with E-state index in [2.05, 4.69) is 0 Å². The summed E-state index contributed by atoms with van der Waals surface area (Å²) in [6.07, 6.45) is 0.953. The molecule has 0 amide bonds. The second-order valence-electron chi connectivity index (χ2n) is 4.35. The molecule has 0 fully saturated rings. The molecule has 0 aliphatic carbocycles. The highest BCUT2D eigenvalue weighted by atomic mass is 16.5. The number of carbonyl (C=O) groups excluding carboxylic acids is 3. The number of hydrogen-bond donors (Lipinski definition) is 0. The number of Topliss-reactive ketones (excluding diaryl/α,β-unsaturated/α-hetero) is 2. The molecular weight excluding hydrogens is 220 g/mol. The summed E-state index contributed by atoms with van der Waals surface area (Å²) in [7, 11) is 0. The van der Waals surface area contributed by atoms with Gasteiger partial charge in [-0.1, -0.05) is 20.8 Å². The molecule has 0 aliphatic heterocycles. The van der Waals surface area contributed by atoms with Crippen molar-refractivity contribution >= 4 is 17.5 Å². The molecular formula is C13H22O4. The summed E-state index contributed by atoms with van der Waals surface area (Å²) >= 11 is 0. The lowest BCUT2D eigenvalue weighted by atomic mass is 9.91. The van der Waals surface area contributed by atoms with Crippen molar-refractivity contribution in [2.24, 2.45) is 11.8 Å². The molecule has 0 heterocycles. The Morgan fingerprint density at radius 1 is 1.06 bits per heavy atom. The van der Waals surface area contributed by atoms with Crippen molar-refractivity contribution in [2.75, 3.05) is 6.61 Å². The first-order valence-electron chi connectivity index (χ1n) is 6.16. The summed E-state index contributed by atoms with van der Waals surface area (Å²) in [6, 6.07) is 0. The fourth-order valence-corrected chi connectivity index (χ4v) is 1.43. The van der Waals surface area contributed by atoms with Gasteiger partial charge < -0.3 is 4.74 Å². The molecule has 0 N–H and O–H groups in total. The molecule has 0 saturated carbocycles. The van der Waals surface area contributed by atoms with Crippen molar-refractivity contribution in [3.8, 4) is 0 Å². The van der Waals surface area contributed by atoms with E-state index in [1.807, 2.05) is 6.92 Å². The van der Waals surface area contributed by atoms with E-state index in [1.54, 1.807) is 20.8 Å². The van der Waals surface area contributed by atoms with Gasteiger partial charge in [0.25, 0.3) is 0 Å². The van der Waals surface area contributed by atoms with Crippen LogP contribution in [0.25, 0.3) is 0 Å². The number of ether oxygens (including phenoxy) is 1. The molecule has 0 saturated heterocycles. The highest BCUT2D eigenvalue weighted by Gasteiger charge is 2.30. The van der Waals surface area contributed by atoms with Gasteiger partial charge in [0.05, 0.1) is 6.61 Å². The lowest BCUT2D eigenvalue weighted by molar-refractivity contribution is -0.153. The van der Waals surface area contributed by atoms with Crippen LogP contribution in [0.5, 0.6) is 0 Å². The Morgan fingerprint density at radius 2 is 1.65 bits per heavy atom. The van der Waals surface area contributed by atoms with Gasteiger partial charge in [-0.05, 0) is 13.3 Å². The summed E-state index contributed by atoms with van der Waals surface area (Å²) in [5.74, 6) is -1.92. The molecule has 1 atom stereocenters. The largest absolute Gasteiger partial charge is 0.465 e. The predicted molar refractivity (Wildman–Crippen MR) is 64.5 cm³/mol. The molecule has 0 spiro atoms. The van der Waals surface area contributed by atoms with E-state index in [4.69, 9.17) is 4.74 Å². The number of ketones is 2. The van der Waals surface area contributed by atoms with Crippen LogP contribution >= 0.6 is 0 Å². The monoisotopic (exact) mass is 242 g/mol. The smallest absolute Gasteiger partial charge is 0.316 e. The van der Waals surface area contributed by atoms with Crippen LogP contribution in [0.2, 0.25) is 0 Å². The van der Waals surface area contributed by atoms with Crippen LogP contribution in [0.4, 0.5) is 0 Å². The SMILES string of the molecule is CCCC(=O)C(CC(=O)C(C)C)C(=O)OCC. The van der Waals surface area contributed by atoms with Crippen LogP contribution in [-0.4, -0.2) is 24.1 Å². The highest BCUT2D eigenvalue weighted by molar-refractivity contribution is 6.02. The van der Waals surface area contributed by atoms with E-state index in [0.29, 0.717) is 12.8 Å². The average Bonchev–Trinajstić information content (AvgIpc) is 2.25. The van der Waals surface area contributed by atoms with Crippen molar-refractivity contribution in [3.63, 3.8) is 0 Å². The molecule has 0 aromatic carbocycles. The molecule has 4 heteroatoms. The molecule has 0 aliphatic rings. The molecule has 0 aromatic rings. The highest BCUT2D eigenvalue weighted by Crippen LogP contribution is 2.15. The summed E-state index contributed by atoms with van der Waals surface area (Å²) in [4.78, 5) is 35.0. The minimum Gasteiger partial charge on any atom is -0.465 e. The molecule has 0 bridgehead atoms. The second kappa shape index (κ2) is 7.98. The Balaban J connectivity index is 4.67. The van der Waals surface area contributed by atoms with E-state index < -0.39 is 11.9 Å². The zero-order chi connectivity index (χ0) is 13.4. The number of hydrogen-bond acceptors (Lipinski definition) is 4. The van der Waals surface area contributed by atoms with E-state index >= 15 is 0 Å². The molecule has 0 rings (SSSR count). The molecule has 0 aromatic heterocycles. The lowest BCUT2D eigenvalue weighted by Crippen LogP contribution is -2.29. The fourth-order valence-electron chi connectivity index (χ4n) is 1.43. The van der Waals surface area contributed by atoms with Crippen molar-refractivity contribution in [2.45, 2.75) is 47.0 Å². The lowest BCUT2D eigenvalue weighted by Gasteiger charge is -2.14. The van der Waals surface area contributed by atoms with Crippen LogP contribution in [0.15, 0.2) is 0 Å². The van der Waals surface area contributed by atoms with E-state index in [1.165, 1.54) is 0 Å². The van der Waals surface area contributed by atoms with Crippen molar-refractivity contribution in [1.82, 2.24) is 0 Å². The van der Waals surface area contributed by atoms with Gasteiger partial charge in [0.15, 0.2) is 0 Å². The van der Waals surface area contributed by atoms with Gasteiger partial charge in [0.1, 0.15) is 17.5 Å². The van der Waals surface area contributed by atoms with Gasteiger partial charge >= 0.3 is 5.97 Å². The first-order chi connectivity index (χ1) is 7.93. The maximum absolute atomic E-state index is 11.8. The zero-order valence-electron chi connectivity index (χ0n) is 11.1. The Kier molecular flexibility index (Phi) is 7.42. The fraction of sp³-hybridized carbons (Fsp3) is 0.769. The summed E-state index contributed by atoms with van der Waals surface area (Å²) in [5, 5.41) is 0. The normalized spacial score (nSPS) is 12.3. The zero-order valence-corrected chi connectivity index (χ0v) is 11.1. The third kappa shape index (κ3) is 5.61. The van der Waals surface area contributed by atoms with Gasteiger partial charge in [0.2, 0.25) is 0 Å². The Morgan fingerprint density at radius 3 is 2.06 bits per heavy atom. The summed E-state index contributed by atoms with van der Waals surface area (Å²) < 4.78 is 4.84. The van der Waals surface area contributed by atoms with Crippen LogP contribution < -0.4 is 0 Å². The standard InChI is InChI=1S/C13H22O4/c1-5-7-11(14)10(13(16)17-6-2)8-12(15)9(3)4/h9-10H,5-8H2,1-4H3. The molecule has 0 radical (unpaired) electrons. The van der Waals surface area contributed by atoms with E-state index in [9.17, 15) is 14.4 Å². The van der Waals surface area contributed by atoms with Crippen molar-refractivity contribution < 1.29 is 19.1 Å². The minimum atomic E-state index is -0.912. The van der Waals surface area contributed by atoms with Crippen LogP contribution in [0, 0.1) is 11.8 Å². The summed E-state index contributed by atoms with van der Waals surface area (Å²) in [5.41, 5.74) is 0. The Hall–Kier alpha value is -1.19. The summed E-state index contributed by atoms with van der Waals surface area (Å²) in [6.45, 7) is 7.29. The second-order valence-corrected chi connectivity index (χ2v) is 4.35. The molecule has 17 heavy (non-hydrogen) atoms. The minimum absolute atomic E-state index is 0.0324. The molecule has 1 unspecified atom stereocenters. The third-order valence-electron chi connectivity index (χ3n) is 2.51. The Labute approximate surface area is 103 Å². The van der Waals surface area contributed by atoms with E-state index in [-0.39, 0.29) is 30.5 Å². The van der Waals surface area contributed by atoms with Gasteiger partial charge in [-0.2, -0.15) is 0 Å². The van der Waals surface area contributed by atoms with Gasteiger partial charge in [-0.15, -0.1) is 0 Å². The maximum Gasteiger partial charge on any atom is 0.316 e. The third-order valence-corrected chi connectivity index (χ3v) is 2.51. The number of rotatable bonds is 8. The topological polar surface area (TPSA) is 60.4 Å². The van der Waals surface area contributed by atoms with Crippen molar-refractivity contribution in [3.05, 3.63) is 0 Å². The van der Waals surface area contributed by atoms with Crippen molar-refractivity contribution in [1.29, 1.82) is 0 Å². The first-order valence-corrected chi connectivity index (χ1v) is 6.16. The molecule has 98 valence electrons. The van der Waals surface area contributed by atoms with Crippen LogP contribution in [0.3, 0.4) is 0 Å². The Bertz CT molecular complexity index is 263. The predicted octanol–water partition coefficient (Wildman–Crippen LogP) is 2.15. The quantitative estimate of drug-likeness (QED) is 0.483. The van der Waals surface area contributed by atoms with Gasteiger partial charge in [-0.25, -0.2) is 0 Å². The van der Waals surface area contributed by atoms with Gasteiger partial charge in [0, 0.05) is 18.8 Å². The van der Waals surface area contributed by atoms with Gasteiger partial charge in [-0.3, -0.25) is 14.4 Å². The van der Waals surface area contributed by atoms with Crippen LogP contribution in [-0.2, 0) is 19.1 Å². The maximum atomic E-state index is 11.8. The van der Waals surface area contributed by atoms with E-state index in [0.717, 1.165) is 0 Å². The number of esters is 1. The van der Waals surface area contributed by atoms with Crippen LogP contribution in [0.1, 0.15) is 47.0 Å². The average molecular weight is 242 g/mol. The number of carbonyl (C=O) groups is 3.